The van der Waals surface area contributed by atoms with Gasteiger partial charge in [0.15, 0.2) is 5.43 Å². The standard InChI is InChI=1S/C26H22F3N7O2/c1-3-4-20(24-16(2)30-12-11-23(24)37)32-18-6-8-19(9-7-18)33-25(38)34-21-15-17(26(27,28)29)5-10-22(21)36-14-13-31-35-36/h3-15,30,32H,2H2,1H3,(H2,33,34,38)/b4-3-,24-20-. The molecule has 4 rings (SSSR count). The molecule has 0 aliphatic rings. The molecule has 0 unspecified atom stereocenters. The number of carbonyl (C=O) groups excluding carboxylic acids is 1. The molecule has 4 N–H and O–H groups in total. The van der Waals surface area contributed by atoms with Gasteiger partial charge in [-0.2, -0.15) is 13.2 Å². The number of rotatable bonds is 6. The fraction of sp³-hybridized carbons (Fsp3) is 0.0769. The fourth-order valence-electron chi connectivity index (χ4n) is 3.60. The number of allylic oxidation sites excluding steroid dienone is 1. The molecule has 0 aliphatic heterocycles. The van der Waals surface area contributed by atoms with Gasteiger partial charge in [0.05, 0.1) is 40.2 Å². The summed E-state index contributed by atoms with van der Waals surface area (Å²) in [6, 6.07) is 10.1. The Morgan fingerprint density at radius 1 is 1.05 bits per heavy atom. The molecular formula is C26H22F3N7O2. The molecule has 9 nitrogen and oxygen atoms in total. The summed E-state index contributed by atoms with van der Waals surface area (Å²) < 4.78 is 41.0. The number of amides is 2. The predicted molar refractivity (Wildman–Crippen MR) is 139 cm³/mol. The lowest BCUT2D eigenvalue weighted by molar-refractivity contribution is -0.137. The summed E-state index contributed by atoms with van der Waals surface area (Å²) in [5, 5.41) is 16.5. The predicted octanol–water partition coefficient (Wildman–Crippen LogP) is 3.83. The van der Waals surface area contributed by atoms with Crippen LogP contribution in [0.2, 0.25) is 0 Å². The van der Waals surface area contributed by atoms with Crippen molar-refractivity contribution in [3.63, 3.8) is 0 Å². The Bertz CT molecular complexity index is 1610. The molecule has 12 heteroatoms. The lowest BCUT2D eigenvalue weighted by Gasteiger charge is -2.15. The summed E-state index contributed by atoms with van der Waals surface area (Å²) in [7, 11) is 0. The van der Waals surface area contributed by atoms with E-state index in [4.69, 9.17) is 0 Å². The number of nitrogens with one attached hydrogen (secondary N) is 4. The number of halogens is 3. The van der Waals surface area contributed by atoms with Crippen molar-refractivity contribution in [1.82, 2.24) is 20.0 Å². The molecule has 4 aromatic rings. The molecule has 2 amide bonds. The van der Waals surface area contributed by atoms with Gasteiger partial charge in [0.2, 0.25) is 0 Å². The number of anilines is 3. The summed E-state index contributed by atoms with van der Waals surface area (Å²) in [6.07, 6.45) is 3.23. The number of carbonyl (C=O) groups is 1. The average molecular weight is 522 g/mol. The first-order valence-electron chi connectivity index (χ1n) is 11.2. The molecule has 194 valence electrons. The normalized spacial score (nSPS) is 12.3. The zero-order chi connectivity index (χ0) is 27.3. The van der Waals surface area contributed by atoms with Gasteiger partial charge in [0.25, 0.3) is 0 Å². The minimum absolute atomic E-state index is 0.108. The maximum atomic E-state index is 13.3. The number of alkyl halides is 3. The van der Waals surface area contributed by atoms with Crippen LogP contribution in [-0.2, 0) is 6.18 Å². The highest BCUT2D eigenvalue weighted by atomic mass is 19.4. The van der Waals surface area contributed by atoms with Crippen LogP contribution >= 0.6 is 0 Å². The minimum atomic E-state index is -4.60. The maximum Gasteiger partial charge on any atom is 0.416 e. The van der Waals surface area contributed by atoms with E-state index in [0.717, 1.165) is 12.1 Å². The number of hydrogen-bond donors (Lipinski definition) is 4. The largest absolute Gasteiger partial charge is 0.416 e. The van der Waals surface area contributed by atoms with Crippen LogP contribution in [0.4, 0.5) is 35.0 Å². The molecule has 2 aromatic heterocycles. The molecular weight excluding hydrogens is 499 g/mol. The number of aromatic amines is 1. The molecule has 0 bridgehead atoms. The number of benzene rings is 2. The van der Waals surface area contributed by atoms with Crippen molar-refractivity contribution in [3.05, 3.63) is 106 Å². The summed E-state index contributed by atoms with van der Waals surface area (Å²) in [6.45, 7) is 5.68. The van der Waals surface area contributed by atoms with Gasteiger partial charge in [0, 0.05) is 29.0 Å². The maximum absolute atomic E-state index is 13.3. The van der Waals surface area contributed by atoms with Gasteiger partial charge in [-0.3, -0.25) is 4.79 Å². The summed E-state index contributed by atoms with van der Waals surface area (Å²) >= 11 is 0. The third kappa shape index (κ3) is 5.98. The Kier molecular flexibility index (Phi) is 7.42. The van der Waals surface area contributed by atoms with E-state index in [1.165, 1.54) is 35.4 Å². The molecule has 0 atom stereocenters. The van der Waals surface area contributed by atoms with E-state index in [9.17, 15) is 22.8 Å². The monoisotopic (exact) mass is 521 g/mol. The molecule has 0 aliphatic carbocycles. The van der Waals surface area contributed by atoms with Crippen molar-refractivity contribution in [1.29, 1.82) is 0 Å². The fourth-order valence-corrected chi connectivity index (χ4v) is 3.60. The summed E-state index contributed by atoms with van der Waals surface area (Å²) in [5.41, 5.74) is 0.500. The highest BCUT2D eigenvalue weighted by Crippen LogP contribution is 2.33. The highest BCUT2D eigenvalue weighted by molar-refractivity contribution is 6.01. The minimum Gasteiger partial charge on any atom is -0.361 e. The second kappa shape index (κ2) is 10.9. The van der Waals surface area contributed by atoms with E-state index in [0.29, 0.717) is 27.6 Å². The van der Waals surface area contributed by atoms with Crippen molar-refractivity contribution >= 4 is 35.4 Å². The van der Waals surface area contributed by atoms with Crippen molar-refractivity contribution in [3.8, 4) is 5.69 Å². The Balaban J connectivity index is 1.54. The first-order chi connectivity index (χ1) is 18.2. The van der Waals surface area contributed by atoms with Gasteiger partial charge in [-0.05, 0) is 55.5 Å². The van der Waals surface area contributed by atoms with Gasteiger partial charge < -0.3 is 20.9 Å². The van der Waals surface area contributed by atoms with Crippen LogP contribution in [0.1, 0.15) is 12.5 Å². The van der Waals surface area contributed by atoms with E-state index in [-0.39, 0.29) is 16.8 Å². The zero-order valence-corrected chi connectivity index (χ0v) is 20.0. The van der Waals surface area contributed by atoms with Crippen LogP contribution in [-0.4, -0.2) is 26.0 Å². The quantitative estimate of drug-likeness (QED) is 0.308. The van der Waals surface area contributed by atoms with E-state index >= 15 is 0 Å². The summed E-state index contributed by atoms with van der Waals surface area (Å²) in [5.74, 6) is 0. The number of aromatic nitrogens is 4. The Morgan fingerprint density at radius 2 is 1.76 bits per heavy atom. The highest BCUT2D eigenvalue weighted by Gasteiger charge is 2.31. The summed E-state index contributed by atoms with van der Waals surface area (Å²) in [4.78, 5) is 27.9. The topological polar surface area (TPSA) is 117 Å². The molecule has 2 aromatic carbocycles. The first kappa shape index (κ1) is 25.9. The lowest BCUT2D eigenvalue weighted by atomic mass is 10.1. The third-order valence-corrected chi connectivity index (χ3v) is 5.31. The number of urea groups is 1. The van der Waals surface area contributed by atoms with E-state index < -0.39 is 17.8 Å². The molecule has 2 heterocycles. The van der Waals surface area contributed by atoms with Gasteiger partial charge in [-0.15, -0.1) is 5.10 Å². The SMILES string of the molecule is C=c1[nH]ccc(=O)/c1=C(/C=C\C)Nc1ccc(NC(=O)Nc2cc(C(F)(F)F)ccc2-n2ccnn2)cc1. The van der Waals surface area contributed by atoms with Gasteiger partial charge in [-0.25, -0.2) is 9.48 Å². The van der Waals surface area contributed by atoms with Gasteiger partial charge in [0.1, 0.15) is 0 Å². The van der Waals surface area contributed by atoms with Crippen LogP contribution in [0.15, 0.2) is 84.1 Å². The Hall–Kier alpha value is -5.13. The number of hydrogen-bond acceptors (Lipinski definition) is 5. The van der Waals surface area contributed by atoms with Crippen molar-refractivity contribution < 1.29 is 18.0 Å². The van der Waals surface area contributed by atoms with E-state index in [1.807, 2.05) is 6.92 Å². The van der Waals surface area contributed by atoms with E-state index in [2.05, 4.69) is 37.8 Å². The third-order valence-electron chi connectivity index (χ3n) is 5.31. The second-order valence-electron chi connectivity index (χ2n) is 7.97. The Labute approximate surface area is 214 Å². The van der Waals surface area contributed by atoms with Crippen molar-refractivity contribution in [2.45, 2.75) is 13.1 Å². The Morgan fingerprint density at radius 3 is 2.37 bits per heavy atom. The van der Waals surface area contributed by atoms with Crippen LogP contribution in [0.5, 0.6) is 0 Å². The number of nitrogens with zero attached hydrogens (tertiary/aromatic N) is 3. The van der Waals surface area contributed by atoms with Crippen molar-refractivity contribution in [2.24, 2.45) is 0 Å². The molecule has 0 radical (unpaired) electrons. The van der Waals surface area contributed by atoms with Gasteiger partial charge in [-0.1, -0.05) is 17.9 Å². The molecule has 0 saturated carbocycles. The van der Waals surface area contributed by atoms with Crippen LogP contribution in [0.3, 0.4) is 0 Å². The molecule has 0 spiro atoms. The van der Waals surface area contributed by atoms with Gasteiger partial charge >= 0.3 is 12.2 Å². The number of H-pyrrole nitrogens is 1. The van der Waals surface area contributed by atoms with Crippen LogP contribution in [0.25, 0.3) is 18.0 Å². The smallest absolute Gasteiger partial charge is 0.361 e. The van der Waals surface area contributed by atoms with Crippen LogP contribution in [0, 0.1) is 0 Å². The molecule has 0 fully saturated rings. The zero-order valence-electron chi connectivity index (χ0n) is 20.0. The molecule has 0 saturated heterocycles. The first-order valence-corrected chi connectivity index (χ1v) is 11.2. The lowest BCUT2D eigenvalue weighted by Crippen LogP contribution is -2.42. The number of pyridine rings is 1. The second-order valence-corrected chi connectivity index (χ2v) is 7.97. The molecule has 38 heavy (non-hydrogen) atoms. The average Bonchev–Trinajstić information content (AvgIpc) is 3.39. The van der Waals surface area contributed by atoms with Crippen LogP contribution < -0.4 is 31.9 Å². The van der Waals surface area contributed by atoms with E-state index in [1.54, 1.807) is 36.4 Å². The van der Waals surface area contributed by atoms with Crippen molar-refractivity contribution in [2.75, 3.05) is 16.0 Å².